The molecule has 88 valence electrons. The molecule has 0 aliphatic carbocycles. The second kappa shape index (κ2) is 4.87. The first-order valence-electron chi connectivity index (χ1n) is 5.78. The lowest BCUT2D eigenvalue weighted by Gasteiger charge is -2.08. The average Bonchev–Trinajstić information content (AvgIpc) is 2.35. The first-order chi connectivity index (χ1) is 8.19. The molecule has 0 amide bonds. The maximum atomic E-state index is 5.73. The zero-order valence-electron chi connectivity index (χ0n) is 10.2. The molecule has 0 saturated carbocycles. The average molecular weight is 227 g/mol. The van der Waals surface area contributed by atoms with Crippen LogP contribution in [0.4, 0.5) is 17.2 Å². The van der Waals surface area contributed by atoms with Gasteiger partial charge < -0.3 is 11.1 Å². The van der Waals surface area contributed by atoms with Gasteiger partial charge in [-0.25, -0.2) is 4.98 Å². The molecule has 2 rings (SSSR count). The fraction of sp³-hybridized carbons (Fsp3) is 0.214. The van der Waals surface area contributed by atoms with Crippen LogP contribution in [0.2, 0.25) is 0 Å². The van der Waals surface area contributed by atoms with Crippen LogP contribution in [0.1, 0.15) is 18.2 Å². The summed E-state index contributed by atoms with van der Waals surface area (Å²) in [6.07, 6.45) is 1.06. The number of pyridine rings is 1. The van der Waals surface area contributed by atoms with Crippen LogP contribution in [0, 0.1) is 6.92 Å². The summed E-state index contributed by atoms with van der Waals surface area (Å²) in [6, 6.07) is 12.1. The Morgan fingerprint density at radius 2 is 1.82 bits per heavy atom. The van der Waals surface area contributed by atoms with Crippen LogP contribution in [-0.2, 0) is 6.42 Å². The molecule has 0 spiro atoms. The van der Waals surface area contributed by atoms with E-state index < -0.39 is 0 Å². The van der Waals surface area contributed by atoms with E-state index in [0.717, 1.165) is 29.3 Å². The van der Waals surface area contributed by atoms with Crippen LogP contribution in [0.3, 0.4) is 0 Å². The normalized spacial score (nSPS) is 10.2. The molecule has 0 saturated heterocycles. The molecule has 3 N–H and O–H groups in total. The zero-order chi connectivity index (χ0) is 12.3. The lowest BCUT2D eigenvalue weighted by Crippen LogP contribution is -1.98. The quantitative estimate of drug-likeness (QED) is 0.846. The van der Waals surface area contributed by atoms with Gasteiger partial charge in [0.2, 0.25) is 0 Å². The topological polar surface area (TPSA) is 50.9 Å². The van der Waals surface area contributed by atoms with Crippen LogP contribution >= 0.6 is 0 Å². The lowest BCUT2D eigenvalue weighted by molar-refractivity contribution is 1.14. The number of aromatic nitrogens is 1. The predicted molar refractivity (Wildman–Crippen MR) is 72.5 cm³/mol. The molecule has 17 heavy (non-hydrogen) atoms. The number of hydrogen-bond donors (Lipinski definition) is 2. The molecule has 1 aromatic carbocycles. The van der Waals surface area contributed by atoms with E-state index in [4.69, 9.17) is 5.73 Å². The third-order valence-electron chi connectivity index (χ3n) is 2.76. The van der Waals surface area contributed by atoms with Gasteiger partial charge in [0, 0.05) is 5.69 Å². The van der Waals surface area contributed by atoms with Gasteiger partial charge in [0.05, 0.1) is 11.4 Å². The summed E-state index contributed by atoms with van der Waals surface area (Å²) in [5, 5.41) is 3.26. The number of benzene rings is 1. The number of nitrogens with one attached hydrogen (secondary N) is 1. The predicted octanol–water partition coefficient (Wildman–Crippen LogP) is 3.28. The molecule has 1 heterocycles. The second-order valence-electron chi connectivity index (χ2n) is 4.05. The number of aryl methyl sites for hydroxylation is 2. The Bertz CT molecular complexity index is 503. The van der Waals surface area contributed by atoms with Crippen molar-refractivity contribution in [3.8, 4) is 0 Å². The minimum atomic E-state index is 0.719. The maximum absolute atomic E-state index is 5.73. The van der Waals surface area contributed by atoms with Crippen LogP contribution in [0.15, 0.2) is 36.4 Å². The summed E-state index contributed by atoms with van der Waals surface area (Å²) < 4.78 is 0. The Morgan fingerprint density at radius 1 is 1.12 bits per heavy atom. The molecule has 0 unspecified atom stereocenters. The standard InChI is InChI=1S/C14H17N3/c1-3-11-4-6-12(7-5-11)17-14-9-8-13(15)10(2)16-14/h4-9H,3,15H2,1-2H3,(H,16,17). The Balaban J connectivity index is 2.16. The molecule has 3 nitrogen and oxygen atoms in total. The SMILES string of the molecule is CCc1ccc(Nc2ccc(N)c(C)n2)cc1. The number of hydrogen-bond acceptors (Lipinski definition) is 3. The number of anilines is 3. The minimum absolute atomic E-state index is 0.719. The van der Waals surface area contributed by atoms with E-state index in [-0.39, 0.29) is 0 Å². The Labute approximate surface area is 102 Å². The molecule has 0 bridgehead atoms. The van der Waals surface area contributed by atoms with Gasteiger partial charge in [-0.1, -0.05) is 19.1 Å². The van der Waals surface area contributed by atoms with Gasteiger partial charge in [-0.15, -0.1) is 0 Å². The molecular weight excluding hydrogens is 210 g/mol. The van der Waals surface area contributed by atoms with Crippen molar-refractivity contribution in [2.75, 3.05) is 11.1 Å². The number of nitrogens with zero attached hydrogens (tertiary/aromatic N) is 1. The molecular formula is C14H17N3. The molecule has 2 aromatic rings. The summed E-state index contributed by atoms with van der Waals surface area (Å²) in [5.41, 5.74) is 9.67. The highest BCUT2D eigenvalue weighted by Crippen LogP contribution is 2.18. The minimum Gasteiger partial charge on any atom is -0.397 e. The monoisotopic (exact) mass is 227 g/mol. The van der Waals surface area contributed by atoms with E-state index >= 15 is 0 Å². The Morgan fingerprint density at radius 3 is 2.41 bits per heavy atom. The lowest BCUT2D eigenvalue weighted by atomic mass is 10.1. The van der Waals surface area contributed by atoms with E-state index in [1.54, 1.807) is 0 Å². The smallest absolute Gasteiger partial charge is 0.130 e. The van der Waals surface area contributed by atoms with Gasteiger partial charge in [0.1, 0.15) is 5.82 Å². The van der Waals surface area contributed by atoms with Gasteiger partial charge in [0.25, 0.3) is 0 Å². The van der Waals surface area contributed by atoms with Crippen molar-refractivity contribution >= 4 is 17.2 Å². The molecule has 0 fully saturated rings. The highest BCUT2D eigenvalue weighted by molar-refractivity contribution is 5.59. The van der Waals surface area contributed by atoms with Crippen LogP contribution in [-0.4, -0.2) is 4.98 Å². The Hall–Kier alpha value is -2.03. The molecule has 0 radical (unpaired) electrons. The number of nitrogen functional groups attached to an aromatic ring is 1. The summed E-state index contributed by atoms with van der Waals surface area (Å²) in [5.74, 6) is 0.820. The van der Waals surface area contributed by atoms with Crippen molar-refractivity contribution in [3.05, 3.63) is 47.7 Å². The maximum Gasteiger partial charge on any atom is 0.130 e. The van der Waals surface area contributed by atoms with Crippen molar-refractivity contribution in [1.29, 1.82) is 0 Å². The molecule has 3 heteroatoms. The van der Waals surface area contributed by atoms with Crippen molar-refractivity contribution in [3.63, 3.8) is 0 Å². The summed E-state index contributed by atoms with van der Waals surface area (Å²) in [4.78, 5) is 4.37. The van der Waals surface area contributed by atoms with Gasteiger partial charge in [-0.05, 0) is 43.2 Å². The Kier molecular flexibility index (Phi) is 3.28. The van der Waals surface area contributed by atoms with Crippen molar-refractivity contribution in [2.24, 2.45) is 0 Å². The molecule has 1 aromatic heterocycles. The van der Waals surface area contributed by atoms with Gasteiger partial charge >= 0.3 is 0 Å². The molecule has 0 aliphatic heterocycles. The summed E-state index contributed by atoms with van der Waals surface area (Å²) in [7, 11) is 0. The van der Waals surface area contributed by atoms with E-state index in [1.807, 2.05) is 19.1 Å². The highest BCUT2D eigenvalue weighted by atomic mass is 15.0. The van der Waals surface area contributed by atoms with E-state index in [1.165, 1.54) is 5.56 Å². The first kappa shape index (κ1) is 11.5. The van der Waals surface area contributed by atoms with Crippen molar-refractivity contribution in [1.82, 2.24) is 4.98 Å². The van der Waals surface area contributed by atoms with Gasteiger partial charge in [-0.3, -0.25) is 0 Å². The fourth-order valence-electron chi connectivity index (χ4n) is 1.61. The molecule has 0 atom stereocenters. The van der Waals surface area contributed by atoms with Gasteiger partial charge in [0.15, 0.2) is 0 Å². The third-order valence-corrected chi connectivity index (χ3v) is 2.76. The van der Waals surface area contributed by atoms with Crippen molar-refractivity contribution < 1.29 is 0 Å². The van der Waals surface area contributed by atoms with Crippen LogP contribution in [0.5, 0.6) is 0 Å². The number of nitrogens with two attached hydrogens (primary N) is 1. The second-order valence-corrected chi connectivity index (χ2v) is 4.05. The summed E-state index contributed by atoms with van der Waals surface area (Å²) >= 11 is 0. The van der Waals surface area contributed by atoms with Crippen molar-refractivity contribution in [2.45, 2.75) is 20.3 Å². The van der Waals surface area contributed by atoms with Gasteiger partial charge in [-0.2, -0.15) is 0 Å². The zero-order valence-corrected chi connectivity index (χ0v) is 10.2. The fourth-order valence-corrected chi connectivity index (χ4v) is 1.61. The summed E-state index contributed by atoms with van der Waals surface area (Å²) in [6.45, 7) is 4.05. The van der Waals surface area contributed by atoms with Crippen LogP contribution < -0.4 is 11.1 Å². The largest absolute Gasteiger partial charge is 0.397 e. The van der Waals surface area contributed by atoms with E-state index in [0.29, 0.717) is 0 Å². The first-order valence-corrected chi connectivity index (χ1v) is 5.78. The molecule has 0 aliphatic rings. The van der Waals surface area contributed by atoms with Crippen LogP contribution in [0.25, 0.3) is 0 Å². The number of rotatable bonds is 3. The van der Waals surface area contributed by atoms with E-state index in [9.17, 15) is 0 Å². The third kappa shape index (κ3) is 2.75. The van der Waals surface area contributed by atoms with E-state index in [2.05, 4.69) is 41.5 Å². The highest BCUT2D eigenvalue weighted by Gasteiger charge is 1.99.